The second-order valence-corrected chi connectivity index (χ2v) is 5.94. The molecule has 2 amide bonds. The van der Waals surface area contributed by atoms with Crippen molar-refractivity contribution in [2.45, 2.75) is 19.3 Å². The van der Waals surface area contributed by atoms with E-state index in [1.165, 1.54) is 24.3 Å². The Labute approximate surface area is 145 Å². The topological polar surface area (TPSA) is 67.4 Å². The molecule has 2 N–H and O–H groups in total. The number of carbonyl (C=O) groups excluding carboxylic acids is 2. The van der Waals surface area contributed by atoms with E-state index in [2.05, 4.69) is 10.6 Å². The van der Waals surface area contributed by atoms with Crippen molar-refractivity contribution in [1.82, 2.24) is 0 Å². The van der Waals surface area contributed by atoms with Crippen LogP contribution < -0.4 is 15.4 Å². The molecule has 3 rings (SSSR count). The highest BCUT2D eigenvalue weighted by Crippen LogP contribution is 2.30. The van der Waals surface area contributed by atoms with Gasteiger partial charge in [0.2, 0.25) is 11.8 Å². The lowest BCUT2D eigenvalue weighted by Crippen LogP contribution is -2.15. The average Bonchev–Trinajstić information content (AvgIpc) is 3.43. The zero-order valence-electron chi connectivity index (χ0n) is 13.6. The molecule has 0 aliphatic heterocycles. The lowest BCUT2D eigenvalue weighted by atomic mass is 10.2. The molecule has 5 nitrogen and oxygen atoms in total. The molecular weight excluding hydrogens is 323 g/mol. The zero-order valence-corrected chi connectivity index (χ0v) is 13.6. The molecule has 0 heterocycles. The second kappa shape index (κ2) is 7.79. The van der Waals surface area contributed by atoms with Gasteiger partial charge in [-0.05, 0) is 61.4 Å². The lowest BCUT2D eigenvalue weighted by Gasteiger charge is -2.09. The first kappa shape index (κ1) is 17.0. The molecule has 0 saturated heterocycles. The Morgan fingerprint density at radius 3 is 2.16 bits per heavy atom. The summed E-state index contributed by atoms with van der Waals surface area (Å²) in [7, 11) is 0. The Kier molecular flexibility index (Phi) is 5.28. The van der Waals surface area contributed by atoms with Crippen LogP contribution in [0, 0.1) is 11.7 Å². The molecule has 6 heteroatoms. The highest BCUT2D eigenvalue weighted by atomic mass is 19.1. The molecule has 0 radical (unpaired) electrons. The van der Waals surface area contributed by atoms with Gasteiger partial charge < -0.3 is 15.4 Å². The van der Waals surface area contributed by atoms with Crippen LogP contribution in [0.4, 0.5) is 15.8 Å². The predicted octanol–water partition coefficient (Wildman–Crippen LogP) is 3.58. The lowest BCUT2D eigenvalue weighted by molar-refractivity contribution is -0.117. The molecule has 25 heavy (non-hydrogen) atoms. The molecule has 2 aromatic carbocycles. The van der Waals surface area contributed by atoms with Gasteiger partial charge in [-0.1, -0.05) is 0 Å². The Bertz CT molecular complexity index is 740. The molecule has 1 saturated carbocycles. The second-order valence-electron chi connectivity index (χ2n) is 5.94. The first-order valence-electron chi connectivity index (χ1n) is 8.19. The van der Waals surface area contributed by atoms with Gasteiger partial charge in [-0.25, -0.2) is 4.39 Å². The first-order valence-corrected chi connectivity index (χ1v) is 8.19. The molecule has 0 unspecified atom stereocenters. The van der Waals surface area contributed by atoms with Crippen molar-refractivity contribution in [3.05, 3.63) is 54.3 Å². The maximum absolute atomic E-state index is 12.8. The normalized spacial score (nSPS) is 13.2. The average molecular weight is 342 g/mol. The fraction of sp³-hybridized carbons (Fsp3) is 0.263. The summed E-state index contributed by atoms with van der Waals surface area (Å²) in [6, 6.07) is 12.6. The number of hydrogen-bond acceptors (Lipinski definition) is 3. The number of rotatable bonds is 7. The predicted molar refractivity (Wildman–Crippen MR) is 92.9 cm³/mol. The van der Waals surface area contributed by atoms with Crippen LogP contribution in [-0.2, 0) is 9.59 Å². The van der Waals surface area contributed by atoms with Crippen molar-refractivity contribution in [2.75, 3.05) is 17.2 Å². The van der Waals surface area contributed by atoms with Crippen molar-refractivity contribution in [2.24, 2.45) is 5.92 Å². The van der Waals surface area contributed by atoms with Crippen molar-refractivity contribution in [1.29, 1.82) is 0 Å². The molecular formula is C19H19FN2O3. The van der Waals surface area contributed by atoms with Gasteiger partial charge in [0.15, 0.2) is 0 Å². The molecule has 0 spiro atoms. The van der Waals surface area contributed by atoms with Gasteiger partial charge in [0.05, 0.1) is 13.0 Å². The van der Waals surface area contributed by atoms with E-state index in [1.807, 2.05) is 0 Å². The van der Waals surface area contributed by atoms with Crippen molar-refractivity contribution >= 4 is 23.2 Å². The number of hydrogen-bond donors (Lipinski definition) is 2. The number of carbonyl (C=O) groups is 2. The van der Waals surface area contributed by atoms with Gasteiger partial charge >= 0.3 is 0 Å². The minimum atomic E-state index is -0.332. The largest absolute Gasteiger partial charge is 0.493 e. The van der Waals surface area contributed by atoms with E-state index in [4.69, 9.17) is 4.74 Å². The minimum Gasteiger partial charge on any atom is -0.493 e. The Hall–Kier alpha value is -2.89. The summed E-state index contributed by atoms with van der Waals surface area (Å²) < 4.78 is 18.2. The first-order chi connectivity index (χ1) is 12.1. The van der Waals surface area contributed by atoms with E-state index in [0.29, 0.717) is 11.4 Å². The molecule has 1 aliphatic carbocycles. The van der Waals surface area contributed by atoms with E-state index in [-0.39, 0.29) is 36.6 Å². The van der Waals surface area contributed by atoms with E-state index < -0.39 is 0 Å². The summed E-state index contributed by atoms with van der Waals surface area (Å²) in [4.78, 5) is 23.6. The quantitative estimate of drug-likeness (QED) is 0.808. The molecule has 1 fully saturated rings. The van der Waals surface area contributed by atoms with Crippen LogP contribution in [-0.4, -0.2) is 18.4 Å². The van der Waals surface area contributed by atoms with Crippen molar-refractivity contribution in [3.63, 3.8) is 0 Å². The number of anilines is 2. The van der Waals surface area contributed by atoms with Gasteiger partial charge in [0, 0.05) is 17.3 Å². The van der Waals surface area contributed by atoms with E-state index >= 15 is 0 Å². The molecule has 0 bridgehead atoms. The van der Waals surface area contributed by atoms with Crippen LogP contribution in [0.3, 0.4) is 0 Å². The summed E-state index contributed by atoms with van der Waals surface area (Å²) in [5, 5.41) is 5.60. The maximum Gasteiger partial charge on any atom is 0.227 e. The maximum atomic E-state index is 12.8. The smallest absolute Gasteiger partial charge is 0.227 e. The van der Waals surface area contributed by atoms with Crippen LogP contribution in [0.15, 0.2) is 48.5 Å². The third-order valence-electron chi connectivity index (χ3n) is 3.80. The summed E-state index contributed by atoms with van der Waals surface area (Å²) in [5.74, 6) is 0.207. The summed E-state index contributed by atoms with van der Waals surface area (Å²) in [6.45, 7) is 0.201. The monoisotopic (exact) mass is 342 g/mol. The van der Waals surface area contributed by atoms with Crippen molar-refractivity contribution < 1.29 is 18.7 Å². The molecule has 0 atom stereocenters. The number of benzene rings is 2. The van der Waals surface area contributed by atoms with Crippen molar-refractivity contribution in [3.8, 4) is 5.75 Å². The van der Waals surface area contributed by atoms with E-state index in [9.17, 15) is 14.0 Å². The third kappa shape index (κ3) is 5.31. The molecule has 0 aromatic heterocycles. The van der Waals surface area contributed by atoms with Crippen LogP contribution in [0.5, 0.6) is 5.75 Å². The van der Waals surface area contributed by atoms with Gasteiger partial charge in [-0.2, -0.15) is 0 Å². The number of ether oxygens (including phenoxy) is 1. The van der Waals surface area contributed by atoms with Crippen LogP contribution >= 0.6 is 0 Å². The van der Waals surface area contributed by atoms with E-state index in [0.717, 1.165) is 18.5 Å². The van der Waals surface area contributed by atoms with Gasteiger partial charge in [-0.3, -0.25) is 9.59 Å². The van der Waals surface area contributed by atoms with Crippen LogP contribution in [0.1, 0.15) is 19.3 Å². The molecule has 2 aromatic rings. The number of halogens is 1. The third-order valence-corrected chi connectivity index (χ3v) is 3.80. The fourth-order valence-electron chi connectivity index (χ4n) is 2.24. The Morgan fingerprint density at radius 2 is 1.56 bits per heavy atom. The summed E-state index contributed by atoms with van der Waals surface area (Å²) in [5.41, 5.74) is 1.37. The zero-order chi connectivity index (χ0) is 17.6. The van der Waals surface area contributed by atoms with Crippen LogP contribution in [0.2, 0.25) is 0 Å². The fourth-order valence-corrected chi connectivity index (χ4v) is 2.24. The summed E-state index contributed by atoms with van der Waals surface area (Å²) >= 11 is 0. The summed E-state index contributed by atoms with van der Waals surface area (Å²) in [6.07, 6.45) is 2.09. The highest BCUT2D eigenvalue weighted by molar-refractivity contribution is 5.95. The highest BCUT2D eigenvalue weighted by Gasteiger charge is 2.29. The van der Waals surface area contributed by atoms with Gasteiger partial charge in [0.25, 0.3) is 0 Å². The Balaban J connectivity index is 1.41. The molecule has 130 valence electrons. The van der Waals surface area contributed by atoms with Gasteiger partial charge in [-0.15, -0.1) is 0 Å². The number of amides is 2. The van der Waals surface area contributed by atoms with E-state index in [1.54, 1.807) is 24.3 Å². The Morgan fingerprint density at radius 1 is 0.960 bits per heavy atom. The van der Waals surface area contributed by atoms with Gasteiger partial charge in [0.1, 0.15) is 11.6 Å². The standard InChI is InChI=1S/C19H19FN2O3/c20-14-3-9-17(10-4-14)25-12-11-18(23)21-15-5-7-16(8-6-15)22-19(24)13-1-2-13/h3-10,13H,1-2,11-12H2,(H,21,23)(H,22,24). The minimum absolute atomic E-state index is 0.0507. The SMILES string of the molecule is O=C(CCOc1ccc(F)cc1)Nc1ccc(NC(=O)C2CC2)cc1. The number of nitrogens with one attached hydrogen (secondary N) is 2. The molecule has 1 aliphatic rings. The van der Waals surface area contributed by atoms with Crippen LogP contribution in [0.25, 0.3) is 0 Å².